The molecule has 0 unspecified atom stereocenters. The van der Waals surface area contributed by atoms with Gasteiger partial charge in [0.2, 0.25) is 5.88 Å². The first-order valence-electron chi connectivity index (χ1n) is 10.1. The van der Waals surface area contributed by atoms with Crippen LogP contribution in [0.1, 0.15) is 29.8 Å². The highest BCUT2D eigenvalue weighted by Crippen LogP contribution is 2.28. The molecular formula is C22H18ClN7O2. The van der Waals surface area contributed by atoms with Crippen LogP contribution in [0.25, 0.3) is 16.6 Å². The van der Waals surface area contributed by atoms with Crippen LogP contribution in [0, 0.1) is 12.5 Å². The maximum absolute atomic E-state index is 11.5. The van der Waals surface area contributed by atoms with E-state index in [2.05, 4.69) is 19.9 Å². The predicted octanol–water partition coefficient (Wildman–Crippen LogP) is 2.10. The first kappa shape index (κ1) is 20.0. The molecule has 4 aromatic rings. The monoisotopic (exact) mass is 447 g/mol. The second kappa shape index (κ2) is 7.98. The molecule has 5 rings (SSSR count). The summed E-state index contributed by atoms with van der Waals surface area (Å²) in [6, 6.07) is 7.09. The SMILES string of the molecule is [C-]#[N+]c1ccc(Cc2cc(=NCC3CC3)n3ncc(=Cc4[nH]c(=O)[nH]c4O)c3n2)c(Cl)c1. The molecule has 9 nitrogen and oxygen atoms in total. The normalized spacial score (nSPS) is 14.9. The van der Waals surface area contributed by atoms with E-state index in [1.807, 2.05) is 12.1 Å². The molecule has 1 saturated carbocycles. The zero-order chi connectivity index (χ0) is 22.2. The van der Waals surface area contributed by atoms with Crippen LogP contribution in [0.4, 0.5) is 5.69 Å². The van der Waals surface area contributed by atoms with E-state index in [1.165, 1.54) is 12.8 Å². The number of fused-ring (bicyclic) bond motifs is 1. The number of H-pyrrole nitrogens is 2. The van der Waals surface area contributed by atoms with Gasteiger partial charge in [-0.05, 0) is 36.5 Å². The fourth-order valence-electron chi connectivity index (χ4n) is 3.43. The summed E-state index contributed by atoms with van der Waals surface area (Å²) in [6.45, 7) is 7.86. The largest absolute Gasteiger partial charge is 0.493 e. The molecule has 1 fully saturated rings. The number of nitrogens with zero attached hydrogens (tertiary/aromatic N) is 5. The molecule has 32 heavy (non-hydrogen) atoms. The highest BCUT2D eigenvalue weighted by molar-refractivity contribution is 6.31. The predicted molar refractivity (Wildman–Crippen MR) is 119 cm³/mol. The van der Waals surface area contributed by atoms with Crippen LogP contribution < -0.4 is 16.4 Å². The molecule has 1 aliphatic carbocycles. The van der Waals surface area contributed by atoms with Crippen molar-refractivity contribution >= 4 is 29.0 Å². The molecule has 0 amide bonds. The minimum absolute atomic E-state index is 0.242. The second-order valence-electron chi connectivity index (χ2n) is 7.78. The zero-order valence-corrected chi connectivity index (χ0v) is 17.6. The molecule has 160 valence electrons. The Bertz CT molecular complexity index is 1550. The average molecular weight is 448 g/mol. The molecule has 0 radical (unpaired) electrons. The third kappa shape index (κ3) is 4.00. The fraction of sp³-hybridized carbons (Fsp3) is 0.227. The summed E-state index contributed by atoms with van der Waals surface area (Å²) >= 11 is 6.38. The molecular weight excluding hydrogens is 430 g/mol. The Labute approximate surface area is 186 Å². The van der Waals surface area contributed by atoms with Crippen molar-refractivity contribution in [2.75, 3.05) is 6.54 Å². The van der Waals surface area contributed by atoms with E-state index in [0.29, 0.717) is 39.4 Å². The molecule has 10 heteroatoms. The number of benzene rings is 1. The quantitative estimate of drug-likeness (QED) is 0.406. The van der Waals surface area contributed by atoms with Crippen molar-refractivity contribution in [3.63, 3.8) is 0 Å². The van der Waals surface area contributed by atoms with E-state index in [9.17, 15) is 9.90 Å². The Morgan fingerprint density at radius 3 is 2.88 bits per heavy atom. The number of halogens is 1. The van der Waals surface area contributed by atoms with Crippen LogP contribution in [0.3, 0.4) is 0 Å². The van der Waals surface area contributed by atoms with E-state index in [-0.39, 0.29) is 11.6 Å². The van der Waals surface area contributed by atoms with Crippen LogP contribution in [0.2, 0.25) is 5.02 Å². The second-order valence-corrected chi connectivity index (χ2v) is 8.18. The summed E-state index contributed by atoms with van der Waals surface area (Å²) in [5.41, 5.74) is 3.04. The zero-order valence-electron chi connectivity index (χ0n) is 16.8. The molecule has 0 saturated heterocycles. The number of hydrogen-bond donors (Lipinski definition) is 3. The van der Waals surface area contributed by atoms with Crippen molar-refractivity contribution in [1.82, 2.24) is 24.6 Å². The van der Waals surface area contributed by atoms with Crippen LogP contribution in [0.5, 0.6) is 5.88 Å². The van der Waals surface area contributed by atoms with Gasteiger partial charge in [0.1, 0.15) is 5.69 Å². The van der Waals surface area contributed by atoms with Crippen LogP contribution in [-0.2, 0) is 6.42 Å². The summed E-state index contributed by atoms with van der Waals surface area (Å²) in [5, 5.41) is 15.5. The maximum Gasteiger partial charge on any atom is 0.326 e. The summed E-state index contributed by atoms with van der Waals surface area (Å²) in [5.74, 6) is 0.358. The minimum Gasteiger partial charge on any atom is -0.493 e. The van der Waals surface area contributed by atoms with Gasteiger partial charge >= 0.3 is 5.69 Å². The third-order valence-electron chi connectivity index (χ3n) is 5.31. The van der Waals surface area contributed by atoms with E-state index < -0.39 is 5.69 Å². The molecule has 0 spiro atoms. The Morgan fingerprint density at radius 2 is 2.19 bits per heavy atom. The van der Waals surface area contributed by atoms with Gasteiger partial charge in [-0.3, -0.25) is 9.98 Å². The Balaban J connectivity index is 1.64. The fourth-order valence-corrected chi connectivity index (χ4v) is 3.67. The Hall–Kier alpha value is -3.90. The van der Waals surface area contributed by atoms with E-state index in [0.717, 1.165) is 17.8 Å². The van der Waals surface area contributed by atoms with Gasteiger partial charge in [0.15, 0.2) is 16.8 Å². The lowest BCUT2D eigenvalue weighted by Crippen LogP contribution is -2.20. The van der Waals surface area contributed by atoms with Gasteiger partial charge < -0.3 is 10.1 Å². The molecule has 0 bridgehead atoms. The lowest BCUT2D eigenvalue weighted by atomic mass is 10.1. The van der Waals surface area contributed by atoms with E-state index in [1.54, 1.807) is 28.9 Å². The number of imidazole rings is 1. The minimum atomic E-state index is -0.503. The van der Waals surface area contributed by atoms with Gasteiger partial charge in [-0.25, -0.2) is 14.6 Å². The molecule has 3 heterocycles. The summed E-state index contributed by atoms with van der Waals surface area (Å²) in [6.07, 6.45) is 6.05. The van der Waals surface area contributed by atoms with Crippen LogP contribution in [0.15, 0.2) is 40.2 Å². The topological polar surface area (TPSA) is 116 Å². The number of aromatic amines is 2. The van der Waals surface area contributed by atoms with Gasteiger partial charge in [0.25, 0.3) is 0 Å². The Kier molecular flexibility index (Phi) is 4.99. The molecule has 3 aromatic heterocycles. The number of hydrogen-bond acceptors (Lipinski definition) is 5. The van der Waals surface area contributed by atoms with Gasteiger partial charge in [-0.1, -0.05) is 23.7 Å². The molecule has 0 aliphatic heterocycles. The van der Waals surface area contributed by atoms with Crippen molar-refractivity contribution in [2.24, 2.45) is 10.9 Å². The van der Waals surface area contributed by atoms with Crippen LogP contribution >= 0.6 is 11.6 Å². The van der Waals surface area contributed by atoms with Gasteiger partial charge in [0, 0.05) is 29.3 Å². The first-order valence-corrected chi connectivity index (χ1v) is 10.4. The summed E-state index contributed by atoms with van der Waals surface area (Å²) in [7, 11) is 0. The lowest BCUT2D eigenvalue weighted by molar-refractivity contribution is 0.454. The number of aromatic hydroxyl groups is 1. The molecule has 1 aromatic carbocycles. The molecule has 1 aliphatic rings. The van der Waals surface area contributed by atoms with Crippen molar-refractivity contribution in [3.05, 3.63) is 85.0 Å². The van der Waals surface area contributed by atoms with Crippen molar-refractivity contribution < 1.29 is 5.11 Å². The first-order chi connectivity index (χ1) is 15.5. The molecule has 3 N–H and O–H groups in total. The van der Waals surface area contributed by atoms with Gasteiger partial charge in [-0.2, -0.15) is 9.61 Å². The van der Waals surface area contributed by atoms with Gasteiger partial charge in [-0.15, -0.1) is 0 Å². The average Bonchev–Trinajstić information content (AvgIpc) is 3.44. The lowest BCUT2D eigenvalue weighted by Gasteiger charge is -2.06. The van der Waals surface area contributed by atoms with E-state index in [4.69, 9.17) is 28.1 Å². The van der Waals surface area contributed by atoms with Crippen molar-refractivity contribution in [1.29, 1.82) is 0 Å². The number of aromatic nitrogens is 5. The number of rotatable bonds is 5. The standard InChI is InChI=1S/C22H18ClN7O2/c1-24-15-5-4-13(17(23)8-15)6-16-9-19(25-10-12-2-3-12)30-20(27-16)14(11-26-30)7-18-21(31)29-22(32)28-18/h4-5,7-9,11-12,31H,2-3,6,10H2,(H2,28,29,32). The number of nitrogens with one attached hydrogen (secondary N) is 2. The summed E-state index contributed by atoms with van der Waals surface area (Å²) in [4.78, 5) is 29.2. The maximum atomic E-state index is 11.5. The van der Waals surface area contributed by atoms with Crippen molar-refractivity contribution in [2.45, 2.75) is 19.3 Å². The third-order valence-corrected chi connectivity index (χ3v) is 5.67. The molecule has 0 atom stereocenters. The van der Waals surface area contributed by atoms with Crippen LogP contribution in [-0.4, -0.2) is 36.2 Å². The smallest absolute Gasteiger partial charge is 0.326 e. The van der Waals surface area contributed by atoms with Crippen molar-refractivity contribution in [3.8, 4) is 5.88 Å². The van der Waals surface area contributed by atoms with Gasteiger partial charge in [0.05, 0.1) is 18.5 Å². The van der Waals surface area contributed by atoms with E-state index >= 15 is 0 Å². The summed E-state index contributed by atoms with van der Waals surface area (Å²) < 4.78 is 1.66. The highest BCUT2D eigenvalue weighted by Gasteiger charge is 2.20. The highest BCUT2D eigenvalue weighted by atomic mass is 35.5. The Morgan fingerprint density at radius 1 is 1.34 bits per heavy atom.